The molecule has 3 fully saturated rings. The molecule has 2 aliphatic heterocycles. The zero-order chi connectivity index (χ0) is 21.7. The summed E-state index contributed by atoms with van der Waals surface area (Å²) < 4.78 is 0. The maximum atomic E-state index is 14.0. The fraction of sp³-hybridized carbons (Fsp3) is 0.960. The van der Waals surface area contributed by atoms with Gasteiger partial charge in [0.05, 0.1) is 0 Å². The number of nitrogens with zero attached hydrogens (tertiary/aromatic N) is 1. The Morgan fingerprint density at radius 2 is 1.00 bits per heavy atom. The maximum Gasteiger partial charge on any atom is 0.226 e. The number of piperidine rings is 2. The van der Waals surface area contributed by atoms with Gasteiger partial charge in [-0.2, -0.15) is 0 Å². The van der Waals surface area contributed by atoms with E-state index in [0.29, 0.717) is 18.0 Å². The third-order valence-corrected chi connectivity index (χ3v) is 7.33. The molecule has 3 aliphatic rings. The van der Waals surface area contributed by atoms with Crippen LogP contribution < -0.4 is 10.6 Å². The lowest BCUT2D eigenvalue weighted by Crippen LogP contribution is -2.68. The Hall–Kier alpha value is -0.610. The van der Waals surface area contributed by atoms with Crippen molar-refractivity contribution in [3.63, 3.8) is 0 Å². The van der Waals surface area contributed by atoms with Gasteiger partial charge in [-0.3, -0.25) is 4.79 Å². The predicted octanol–water partition coefficient (Wildman–Crippen LogP) is 5.01. The SMILES string of the molecule is CC1(C)CC(N(C(=O)C2CCCCC2)C2CC(C)(C)NC(C)(C)C2)CC(C)(C)N1. The smallest absolute Gasteiger partial charge is 0.226 e. The summed E-state index contributed by atoms with van der Waals surface area (Å²) in [5.41, 5.74) is 0.204. The number of amides is 1. The zero-order valence-corrected chi connectivity index (χ0v) is 20.5. The van der Waals surface area contributed by atoms with E-state index < -0.39 is 0 Å². The average Bonchev–Trinajstić information content (AvgIpc) is 2.49. The molecule has 1 aliphatic carbocycles. The highest BCUT2D eigenvalue weighted by Crippen LogP contribution is 2.39. The van der Waals surface area contributed by atoms with Crippen LogP contribution in [0.3, 0.4) is 0 Å². The first-order chi connectivity index (χ1) is 13.2. The zero-order valence-electron chi connectivity index (χ0n) is 20.5. The monoisotopic (exact) mass is 405 g/mol. The molecule has 1 amide bonds. The number of carbonyl (C=O) groups is 1. The van der Waals surface area contributed by atoms with Crippen molar-refractivity contribution in [1.29, 1.82) is 0 Å². The van der Waals surface area contributed by atoms with E-state index in [2.05, 4.69) is 70.9 Å². The van der Waals surface area contributed by atoms with Crippen LogP contribution in [0.2, 0.25) is 0 Å². The van der Waals surface area contributed by atoms with Gasteiger partial charge in [-0.1, -0.05) is 19.3 Å². The minimum absolute atomic E-state index is 0.0511. The van der Waals surface area contributed by atoms with Crippen LogP contribution in [0.15, 0.2) is 0 Å². The summed E-state index contributed by atoms with van der Waals surface area (Å²) in [4.78, 5) is 16.4. The Morgan fingerprint density at radius 1 is 0.655 bits per heavy atom. The van der Waals surface area contributed by atoms with Crippen molar-refractivity contribution in [2.75, 3.05) is 0 Å². The van der Waals surface area contributed by atoms with Crippen LogP contribution in [0.1, 0.15) is 113 Å². The summed E-state index contributed by atoms with van der Waals surface area (Å²) in [7, 11) is 0. The van der Waals surface area contributed by atoms with Crippen LogP contribution in [0.5, 0.6) is 0 Å². The van der Waals surface area contributed by atoms with Crippen molar-refractivity contribution in [3.05, 3.63) is 0 Å². The summed E-state index contributed by atoms with van der Waals surface area (Å²) in [6, 6.07) is 0.649. The number of hydrogen-bond acceptors (Lipinski definition) is 3. The van der Waals surface area contributed by atoms with Crippen LogP contribution >= 0.6 is 0 Å². The summed E-state index contributed by atoms with van der Waals surface area (Å²) >= 11 is 0. The quantitative estimate of drug-likeness (QED) is 0.693. The molecule has 4 nitrogen and oxygen atoms in total. The van der Waals surface area contributed by atoms with Gasteiger partial charge in [-0.15, -0.1) is 0 Å². The highest BCUT2D eigenvalue weighted by atomic mass is 16.2. The van der Waals surface area contributed by atoms with Crippen molar-refractivity contribution in [2.45, 2.75) is 147 Å². The third kappa shape index (κ3) is 5.76. The lowest BCUT2D eigenvalue weighted by molar-refractivity contribution is -0.146. The molecule has 4 heteroatoms. The predicted molar refractivity (Wildman–Crippen MR) is 122 cm³/mol. The minimum atomic E-state index is 0.0511. The lowest BCUT2D eigenvalue weighted by Gasteiger charge is -2.55. The Bertz CT molecular complexity index is 531. The third-order valence-electron chi connectivity index (χ3n) is 7.33. The van der Waals surface area contributed by atoms with Gasteiger partial charge >= 0.3 is 0 Å². The summed E-state index contributed by atoms with van der Waals surface area (Å²) in [5, 5.41) is 7.64. The summed E-state index contributed by atoms with van der Waals surface area (Å²) in [6.45, 7) is 18.4. The Morgan fingerprint density at radius 3 is 1.34 bits per heavy atom. The molecular weight excluding hydrogens is 358 g/mol. The molecule has 29 heavy (non-hydrogen) atoms. The van der Waals surface area contributed by atoms with Crippen LogP contribution in [0.25, 0.3) is 0 Å². The molecule has 0 unspecified atom stereocenters. The second-order valence-electron chi connectivity index (χ2n) is 13.0. The molecule has 0 radical (unpaired) electrons. The van der Waals surface area contributed by atoms with Crippen molar-refractivity contribution >= 4 is 5.91 Å². The van der Waals surface area contributed by atoms with E-state index in [1.807, 2.05) is 0 Å². The fourth-order valence-corrected chi connectivity index (χ4v) is 7.15. The van der Waals surface area contributed by atoms with E-state index in [4.69, 9.17) is 0 Å². The molecule has 2 saturated heterocycles. The number of rotatable bonds is 3. The van der Waals surface area contributed by atoms with Crippen molar-refractivity contribution in [3.8, 4) is 0 Å². The highest BCUT2D eigenvalue weighted by molar-refractivity contribution is 5.79. The van der Waals surface area contributed by atoms with Crippen molar-refractivity contribution < 1.29 is 4.79 Å². The maximum absolute atomic E-state index is 14.0. The van der Waals surface area contributed by atoms with Gasteiger partial charge < -0.3 is 15.5 Å². The summed E-state index contributed by atoms with van der Waals surface area (Å²) in [6.07, 6.45) is 10.1. The molecule has 0 bridgehead atoms. The fourth-order valence-electron chi connectivity index (χ4n) is 7.15. The molecular formula is C25H47N3O. The molecule has 168 valence electrons. The molecule has 3 rings (SSSR count). The molecule has 2 heterocycles. The number of nitrogens with one attached hydrogen (secondary N) is 2. The van der Waals surface area contributed by atoms with Gasteiger partial charge in [0.25, 0.3) is 0 Å². The van der Waals surface area contributed by atoms with Gasteiger partial charge in [0.15, 0.2) is 0 Å². The Kier molecular flexibility index (Phi) is 6.22. The van der Waals surface area contributed by atoms with Gasteiger partial charge in [0.1, 0.15) is 0 Å². The molecule has 0 aromatic carbocycles. The standard InChI is InChI=1S/C25H47N3O/c1-22(2)14-19(15-23(3,4)26-22)28(21(29)18-12-10-9-11-13-18)20-16-24(5,6)27-25(7,8)17-20/h18-20,26-27H,9-17H2,1-8H3. The minimum Gasteiger partial charge on any atom is -0.336 e. The molecule has 0 spiro atoms. The van der Waals surface area contributed by atoms with Crippen LogP contribution in [-0.4, -0.2) is 45.0 Å². The van der Waals surface area contributed by atoms with Gasteiger partial charge in [-0.25, -0.2) is 0 Å². The molecule has 2 N–H and O–H groups in total. The first-order valence-corrected chi connectivity index (χ1v) is 12.1. The van der Waals surface area contributed by atoms with Crippen LogP contribution in [0, 0.1) is 5.92 Å². The molecule has 0 atom stereocenters. The highest BCUT2D eigenvalue weighted by Gasteiger charge is 2.48. The normalized spacial score (nSPS) is 30.1. The van der Waals surface area contributed by atoms with E-state index in [1.54, 1.807) is 0 Å². The Labute approximate surface area is 180 Å². The largest absolute Gasteiger partial charge is 0.336 e. The topological polar surface area (TPSA) is 44.4 Å². The number of carbonyl (C=O) groups excluding carboxylic acids is 1. The second kappa shape index (κ2) is 7.82. The van der Waals surface area contributed by atoms with Gasteiger partial charge in [0, 0.05) is 40.2 Å². The van der Waals surface area contributed by atoms with Crippen LogP contribution in [0.4, 0.5) is 0 Å². The van der Waals surface area contributed by atoms with E-state index >= 15 is 0 Å². The lowest BCUT2D eigenvalue weighted by atomic mass is 9.74. The van der Waals surface area contributed by atoms with Crippen LogP contribution in [-0.2, 0) is 4.79 Å². The van der Waals surface area contributed by atoms with Crippen molar-refractivity contribution in [2.24, 2.45) is 5.92 Å². The molecule has 0 aromatic rings. The van der Waals surface area contributed by atoms with Crippen molar-refractivity contribution in [1.82, 2.24) is 15.5 Å². The number of hydrogen-bond donors (Lipinski definition) is 2. The van der Waals surface area contributed by atoms with E-state index in [9.17, 15) is 4.79 Å². The first-order valence-electron chi connectivity index (χ1n) is 12.1. The first kappa shape index (κ1) is 23.1. The van der Waals surface area contributed by atoms with E-state index in [0.717, 1.165) is 38.5 Å². The molecule has 1 saturated carbocycles. The molecule has 0 aromatic heterocycles. The van der Waals surface area contributed by atoms with Gasteiger partial charge in [-0.05, 0) is 93.9 Å². The van der Waals surface area contributed by atoms with E-state index in [1.165, 1.54) is 19.3 Å². The van der Waals surface area contributed by atoms with Gasteiger partial charge in [0.2, 0.25) is 5.91 Å². The summed E-state index contributed by atoms with van der Waals surface area (Å²) in [5.74, 6) is 0.702. The van der Waals surface area contributed by atoms with E-state index in [-0.39, 0.29) is 28.1 Å². The average molecular weight is 406 g/mol. The second-order valence-corrected chi connectivity index (χ2v) is 13.0. The Balaban J connectivity index is 1.94.